The van der Waals surface area contributed by atoms with Crippen molar-refractivity contribution >= 4 is 28.9 Å². The molecular weight excluding hydrogens is 510 g/mol. The second-order valence-corrected chi connectivity index (χ2v) is 12.1. The van der Waals surface area contributed by atoms with Crippen molar-refractivity contribution < 1.29 is 18.8 Å². The molecule has 0 radical (unpaired) electrons. The summed E-state index contributed by atoms with van der Waals surface area (Å²) in [5.41, 5.74) is 3.02. The van der Waals surface area contributed by atoms with Gasteiger partial charge in [0.1, 0.15) is 11.8 Å². The molecule has 1 N–H and O–H groups in total. The van der Waals surface area contributed by atoms with Gasteiger partial charge < -0.3 is 19.5 Å². The molecule has 4 unspecified atom stereocenters. The van der Waals surface area contributed by atoms with E-state index in [1.807, 2.05) is 66.3 Å². The third-order valence-electron chi connectivity index (χ3n) is 8.44. The van der Waals surface area contributed by atoms with Gasteiger partial charge in [0.05, 0.1) is 12.0 Å². The normalized spacial score (nSPS) is 25.2. The zero-order chi connectivity index (χ0) is 27.3. The molecule has 2 amide bonds. The number of carbonyl (C=O) groups excluding carboxylic acids is 3. The van der Waals surface area contributed by atoms with E-state index in [9.17, 15) is 14.4 Å². The van der Waals surface area contributed by atoms with E-state index in [0.717, 1.165) is 34.4 Å². The van der Waals surface area contributed by atoms with E-state index in [1.165, 1.54) is 0 Å². The minimum Gasteiger partial charge on any atom is -0.458 e. The first kappa shape index (κ1) is 26.0. The van der Waals surface area contributed by atoms with E-state index in [0.29, 0.717) is 31.9 Å². The van der Waals surface area contributed by atoms with Crippen molar-refractivity contribution in [1.82, 2.24) is 15.1 Å². The number of Topliss-reactive ketones (excluding diaryl/α,β-unsaturated/α-hetero) is 1. The molecule has 3 fully saturated rings. The first-order valence-corrected chi connectivity index (χ1v) is 14.8. The Bertz CT molecular complexity index is 1380. The predicted octanol–water partition coefficient (Wildman–Crippen LogP) is 4.64. The topological polar surface area (TPSA) is 82.9 Å². The SMILES string of the molecule is Cc1ccc(C2C(C(=O)c3ccc(C)o3)C(c3sccc3C)C(C(=O)N3CCNCC3)N2C(=O)C2CC2)cc1. The Balaban J connectivity index is 1.57. The van der Waals surface area contributed by atoms with Crippen molar-refractivity contribution in [2.75, 3.05) is 26.2 Å². The van der Waals surface area contributed by atoms with Crippen LogP contribution in [-0.2, 0) is 9.59 Å². The molecular formula is C31H35N3O4S. The van der Waals surface area contributed by atoms with Gasteiger partial charge >= 0.3 is 0 Å². The predicted molar refractivity (Wildman–Crippen MR) is 150 cm³/mol. The van der Waals surface area contributed by atoms with Gasteiger partial charge in [-0.05, 0) is 68.3 Å². The van der Waals surface area contributed by atoms with Crippen LogP contribution in [-0.4, -0.2) is 59.6 Å². The lowest BCUT2D eigenvalue weighted by Gasteiger charge is -2.36. The third-order valence-corrected chi connectivity index (χ3v) is 9.56. The lowest BCUT2D eigenvalue weighted by Crippen LogP contribution is -2.55. The fourth-order valence-electron chi connectivity index (χ4n) is 6.27. The zero-order valence-electron chi connectivity index (χ0n) is 22.7. The number of furan rings is 1. The van der Waals surface area contributed by atoms with Crippen LogP contribution in [0.2, 0.25) is 0 Å². The van der Waals surface area contributed by atoms with E-state index in [4.69, 9.17) is 4.42 Å². The van der Waals surface area contributed by atoms with E-state index in [2.05, 4.69) is 5.32 Å². The molecule has 2 aromatic heterocycles. The van der Waals surface area contributed by atoms with Gasteiger partial charge in [-0.3, -0.25) is 14.4 Å². The Hall–Kier alpha value is -3.23. The Morgan fingerprint density at radius 1 is 0.923 bits per heavy atom. The van der Waals surface area contributed by atoms with Crippen LogP contribution in [0.5, 0.6) is 0 Å². The Morgan fingerprint density at radius 2 is 1.64 bits per heavy atom. The first-order valence-electron chi connectivity index (χ1n) is 13.9. The summed E-state index contributed by atoms with van der Waals surface area (Å²) in [5, 5.41) is 5.34. The summed E-state index contributed by atoms with van der Waals surface area (Å²) < 4.78 is 5.87. The molecule has 1 aromatic carbocycles. The molecule has 0 spiro atoms. The number of hydrogen-bond acceptors (Lipinski definition) is 6. The smallest absolute Gasteiger partial charge is 0.246 e. The van der Waals surface area contributed by atoms with Gasteiger partial charge in [-0.15, -0.1) is 11.3 Å². The number of thiophene rings is 1. The van der Waals surface area contributed by atoms with Crippen LogP contribution >= 0.6 is 11.3 Å². The van der Waals surface area contributed by atoms with Crippen LogP contribution in [0.25, 0.3) is 0 Å². The summed E-state index contributed by atoms with van der Waals surface area (Å²) in [5.74, 6) is -0.522. The van der Waals surface area contributed by atoms with E-state index in [-0.39, 0.29) is 29.3 Å². The summed E-state index contributed by atoms with van der Waals surface area (Å²) >= 11 is 1.57. The molecule has 0 bridgehead atoms. The highest BCUT2D eigenvalue weighted by atomic mass is 32.1. The highest BCUT2D eigenvalue weighted by Gasteiger charge is 2.60. The fraction of sp³-hybridized carbons (Fsp3) is 0.452. The number of nitrogens with one attached hydrogen (secondary N) is 1. The number of piperazine rings is 1. The molecule has 4 heterocycles. The quantitative estimate of drug-likeness (QED) is 0.456. The molecule has 3 aromatic rings. The van der Waals surface area contributed by atoms with Gasteiger partial charge in [-0.1, -0.05) is 29.8 Å². The summed E-state index contributed by atoms with van der Waals surface area (Å²) in [6.45, 7) is 8.48. The van der Waals surface area contributed by atoms with Crippen molar-refractivity contribution in [3.05, 3.63) is 80.9 Å². The van der Waals surface area contributed by atoms with Gasteiger partial charge in [0, 0.05) is 42.9 Å². The van der Waals surface area contributed by atoms with Crippen LogP contribution in [0.4, 0.5) is 0 Å². The average Bonchev–Trinajstić information content (AvgIpc) is 3.42. The lowest BCUT2D eigenvalue weighted by atomic mass is 9.78. The van der Waals surface area contributed by atoms with Crippen LogP contribution in [0.15, 0.2) is 52.3 Å². The summed E-state index contributed by atoms with van der Waals surface area (Å²) in [6, 6.07) is 12.3. The second kappa shape index (κ2) is 10.4. The number of nitrogens with zero attached hydrogens (tertiary/aromatic N) is 2. The Kier molecular flexibility index (Phi) is 6.93. The summed E-state index contributed by atoms with van der Waals surface area (Å²) in [4.78, 5) is 47.8. The van der Waals surface area contributed by atoms with Crippen molar-refractivity contribution in [2.24, 2.45) is 11.8 Å². The standard InChI is InChI=1S/C31H35N3O4S/c1-18-4-7-21(8-5-18)26-24(28(35)23-11-6-20(3)38-23)25(29-19(2)12-17-39-29)27(34(26)30(36)22-9-10-22)31(37)33-15-13-32-14-16-33/h4-8,11-12,17,22,24-27,32H,9-10,13-16H2,1-3H3. The molecule has 1 saturated carbocycles. The van der Waals surface area contributed by atoms with Crippen LogP contribution in [0, 0.1) is 32.6 Å². The van der Waals surface area contributed by atoms with Gasteiger partial charge in [-0.2, -0.15) is 0 Å². The molecule has 204 valence electrons. The highest BCUT2D eigenvalue weighted by Crippen LogP contribution is 2.54. The number of rotatable bonds is 6. The van der Waals surface area contributed by atoms with Gasteiger partial charge in [0.15, 0.2) is 5.76 Å². The largest absolute Gasteiger partial charge is 0.458 e. The molecule has 7 nitrogen and oxygen atoms in total. The van der Waals surface area contributed by atoms with Crippen molar-refractivity contribution in [1.29, 1.82) is 0 Å². The monoisotopic (exact) mass is 545 g/mol. The van der Waals surface area contributed by atoms with E-state index in [1.54, 1.807) is 23.5 Å². The molecule has 2 aliphatic heterocycles. The number of aryl methyl sites for hydroxylation is 3. The number of benzene rings is 1. The fourth-order valence-corrected chi connectivity index (χ4v) is 7.38. The number of ketones is 1. The van der Waals surface area contributed by atoms with E-state index >= 15 is 0 Å². The molecule has 39 heavy (non-hydrogen) atoms. The van der Waals surface area contributed by atoms with Gasteiger partial charge in [-0.25, -0.2) is 0 Å². The summed E-state index contributed by atoms with van der Waals surface area (Å²) in [6.07, 6.45) is 1.65. The minimum atomic E-state index is -0.759. The zero-order valence-corrected chi connectivity index (χ0v) is 23.5. The molecule has 3 aliphatic rings. The number of likely N-dealkylation sites (tertiary alicyclic amines) is 1. The number of carbonyl (C=O) groups is 3. The Morgan fingerprint density at radius 3 is 2.23 bits per heavy atom. The van der Waals surface area contributed by atoms with Crippen molar-refractivity contribution in [3.8, 4) is 0 Å². The maximum absolute atomic E-state index is 14.5. The first-order chi connectivity index (χ1) is 18.8. The maximum Gasteiger partial charge on any atom is 0.246 e. The van der Waals surface area contributed by atoms with Crippen LogP contribution < -0.4 is 5.32 Å². The molecule has 6 rings (SSSR count). The van der Waals surface area contributed by atoms with E-state index < -0.39 is 23.9 Å². The van der Waals surface area contributed by atoms with Crippen molar-refractivity contribution in [2.45, 2.75) is 51.6 Å². The van der Waals surface area contributed by atoms with Gasteiger partial charge in [0.25, 0.3) is 0 Å². The third kappa shape index (κ3) is 4.74. The second-order valence-electron chi connectivity index (χ2n) is 11.2. The maximum atomic E-state index is 14.5. The van der Waals surface area contributed by atoms with Crippen LogP contribution in [0.3, 0.4) is 0 Å². The minimum absolute atomic E-state index is 0.0146. The lowest BCUT2D eigenvalue weighted by molar-refractivity contribution is -0.147. The highest BCUT2D eigenvalue weighted by molar-refractivity contribution is 7.10. The summed E-state index contributed by atoms with van der Waals surface area (Å²) in [7, 11) is 0. The average molecular weight is 546 g/mol. The number of hydrogen-bond donors (Lipinski definition) is 1. The van der Waals surface area contributed by atoms with Gasteiger partial charge in [0.2, 0.25) is 17.6 Å². The Labute approximate surface area is 233 Å². The molecule has 4 atom stereocenters. The molecule has 1 aliphatic carbocycles. The van der Waals surface area contributed by atoms with Crippen LogP contribution in [0.1, 0.15) is 62.7 Å². The molecule has 2 saturated heterocycles. The van der Waals surface area contributed by atoms with Crippen molar-refractivity contribution in [3.63, 3.8) is 0 Å². The molecule has 8 heteroatoms. The number of amides is 2.